The van der Waals surface area contributed by atoms with E-state index in [9.17, 15) is 44.4 Å². The fourth-order valence-electron chi connectivity index (χ4n) is 6.51. The van der Waals surface area contributed by atoms with Gasteiger partial charge in [0, 0.05) is 70.4 Å². The molecule has 0 spiro atoms. The predicted octanol–water partition coefficient (Wildman–Crippen LogP) is 2.24. The van der Waals surface area contributed by atoms with Gasteiger partial charge < -0.3 is 25.7 Å². The number of nitrogens with one attached hydrogen (secondary N) is 1. The third-order valence-electron chi connectivity index (χ3n) is 9.16. The monoisotopic (exact) mass is 717 g/mol. The third kappa shape index (κ3) is 12.6. The van der Waals surface area contributed by atoms with Crippen molar-refractivity contribution in [1.29, 1.82) is 0 Å². The minimum absolute atomic E-state index is 0.0860. The van der Waals surface area contributed by atoms with E-state index in [-0.39, 0.29) is 83.8 Å². The summed E-state index contributed by atoms with van der Waals surface area (Å²) in [5, 5.41) is 41.9. The molecule has 1 aliphatic rings. The van der Waals surface area contributed by atoms with Crippen LogP contribution < -0.4 is 5.32 Å². The van der Waals surface area contributed by atoms with Gasteiger partial charge in [-0.15, -0.1) is 0 Å². The van der Waals surface area contributed by atoms with Gasteiger partial charge in [-0.05, 0) is 35.2 Å². The maximum absolute atomic E-state index is 13.2. The van der Waals surface area contributed by atoms with Crippen LogP contribution in [0.2, 0.25) is 0 Å². The first-order valence-electron chi connectivity index (χ1n) is 17.3. The molecule has 1 saturated heterocycles. The van der Waals surface area contributed by atoms with Gasteiger partial charge in [-0.1, -0.05) is 72.8 Å². The van der Waals surface area contributed by atoms with E-state index in [1.807, 2.05) is 36.4 Å². The normalized spacial score (nSPS) is 16.3. The Kier molecular flexibility index (Phi) is 15.3. The average Bonchev–Trinajstić information content (AvgIpc) is 3.11. The summed E-state index contributed by atoms with van der Waals surface area (Å²) < 4.78 is 0. The fraction of sp³-hybridized carbons (Fsp3) is 0.395. The van der Waals surface area contributed by atoms with Crippen LogP contribution in [0, 0.1) is 0 Å². The Balaban J connectivity index is 1.48. The Morgan fingerprint density at radius 2 is 0.942 bits per heavy atom. The predicted molar refractivity (Wildman–Crippen MR) is 192 cm³/mol. The number of carboxylic acid groups (broad SMARTS) is 4. The molecule has 14 nitrogen and oxygen atoms in total. The number of carbonyl (C=O) groups is 5. The first kappa shape index (κ1) is 39.6. The summed E-state index contributed by atoms with van der Waals surface area (Å²) in [4.78, 5) is 67.3. The van der Waals surface area contributed by atoms with E-state index in [1.165, 1.54) is 0 Å². The van der Waals surface area contributed by atoms with Crippen molar-refractivity contribution in [2.24, 2.45) is 0 Å². The Hall–Kier alpha value is -5.15. The van der Waals surface area contributed by atoms with Crippen molar-refractivity contribution in [3.05, 3.63) is 107 Å². The molecule has 0 bridgehead atoms. The van der Waals surface area contributed by atoms with E-state index in [0.29, 0.717) is 24.1 Å². The first-order valence-corrected chi connectivity index (χ1v) is 17.3. The lowest BCUT2D eigenvalue weighted by atomic mass is 9.88. The zero-order valence-corrected chi connectivity index (χ0v) is 29.0. The SMILES string of the molecule is O=C(O)CN1CCN(CC(=O)O)CCN(C(C(=O)O)c2ccc(C(=O)NCCC(c3ccccc3)c3ccccc3)cc2)CCN(CC(=O)O)CC1. The van der Waals surface area contributed by atoms with Gasteiger partial charge in [0.15, 0.2) is 0 Å². The molecule has 4 rings (SSSR count). The molecule has 0 radical (unpaired) electrons. The first-order chi connectivity index (χ1) is 25.0. The van der Waals surface area contributed by atoms with Gasteiger partial charge in [0.2, 0.25) is 0 Å². The number of hydrogen-bond donors (Lipinski definition) is 5. The number of carbonyl (C=O) groups excluding carboxylic acids is 1. The molecule has 52 heavy (non-hydrogen) atoms. The van der Waals surface area contributed by atoms with Gasteiger partial charge in [-0.25, -0.2) is 0 Å². The molecule has 1 unspecified atom stereocenters. The van der Waals surface area contributed by atoms with Crippen LogP contribution in [0.25, 0.3) is 0 Å². The highest BCUT2D eigenvalue weighted by Gasteiger charge is 2.30. The molecule has 0 saturated carbocycles. The summed E-state index contributed by atoms with van der Waals surface area (Å²) in [6.45, 7) is 0.976. The molecule has 0 aliphatic carbocycles. The van der Waals surface area contributed by atoms with Crippen molar-refractivity contribution < 1.29 is 44.4 Å². The highest BCUT2D eigenvalue weighted by Crippen LogP contribution is 2.27. The topological polar surface area (TPSA) is 191 Å². The Bertz CT molecular complexity index is 1550. The quantitative estimate of drug-likeness (QED) is 0.154. The lowest BCUT2D eigenvalue weighted by Crippen LogP contribution is -2.49. The van der Waals surface area contributed by atoms with Crippen molar-refractivity contribution in [2.75, 3.05) is 78.5 Å². The molecule has 1 atom stereocenters. The summed E-state index contributed by atoms with van der Waals surface area (Å²) in [6, 6.07) is 25.3. The van der Waals surface area contributed by atoms with Crippen molar-refractivity contribution >= 4 is 29.8 Å². The van der Waals surface area contributed by atoms with Crippen LogP contribution in [0.4, 0.5) is 0 Å². The van der Waals surface area contributed by atoms with Crippen molar-refractivity contribution in [1.82, 2.24) is 24.9 Å². The summed E-state index contributed by atoms with van der Waals surface area (Å²) in [5.74, 6) is -4.57. The number of hydrogen-bond acceptors (Lipinski definition) is 9. The fourth-order valence-corrected chi connectivity index (χ4v) is 6.51. The summed E-state index contributed by atoms with van der Waals surface area (Å²) in [7, 11) is 0. The van der Waals surface area contributed by atoms with E-state index in [2.05, 4.69) is 29.6 Å². The maximum Gasteiger partial charge on any atom is 0.325 e. The van der Waals surface area contributed by atoms with Crippen LogP contribution in [0.5, 0.6) is 0 Å². The Morgan fingerprint density at radius 3 is 1.33 bits per heavy atom. The second-order valence-electron chi connectivity index (χ2n) is 12.8. The molecule has 1 heterocycles. The lowest BCUT2D eigenvalue weighted by molar-refractivity contribution is -0.145. The molecular weight excluding hydrogens is 670 g/mol. The number of carboxylic acids is 4. The number of benzene rings is 3. The molecule has 1 amide bonds. The summed E-state index contributed by atoms with van der Waals surface area (Å²) in [6.07, 6.45) is 0.670. The maximum atomic E-state index is 13.2. The molecule has 5 N–H and O–H groups in total. The number of amides is 1. The lowest BCUT2D eigenvalue weighted by Gasteiger charge is -2.35. The smallest absolute Gasteiger partial charge is 0.325 e. The van der Waals surface area contributed by atoms with Crippen LogP contribution in [-0.4, -0.2) is 148 Å². The van der Waals surface area contributed by atoms with Gasteiger partial charge >= 0.3 is 23.9 Å². The van der Waals surface area contributed by atoms with Crippen LogP contribution in [-0.2, 0) is 19.2 Å². The zero-order chi connectivity index (χ0) is 37.5. The van der Waals surface area contributed by atoms with Gasteiger partial charge in [-0.3, -0.25) is 43.6 Å². The Labute approximate surface area is 302 Å². The van der Waals surface area contributed by atoms with E-state index >= 15 is 0 Å². The largest absolute Gasteiger partial charge is 0.480 e. The van der Waals surface area contributed by atoms with E-state index in [1.54, 1.807) is 43.9 Å². The van der Waals surface area contributed by atoms with E-state index in [0.717, 1.165) is 11.1 Å². The number of rotatable bonds is 15. The zero-order valence-electron chi connectivity index (χ0n) is 29.0. The second-order valence-corrected chi connectivity index (χ2v) is 12.8. The van der Waals surface area contributed by atoms with Gasteiger partial charge in [0.05, 0.1) is 19.6 Å². The molecule has 3 aromatic carbocycles. The number of nitrogens with zero attached hydrogens (tertiary/aromatic N) is 4. The summed E-state index contributed by atoms with van der Waals surface area (Å²) >= 11 is 0. The van der Waals surface area contributed by atoms with Gasteiger partial charge in [-0.2, -0.15) is 0 Å². The molecule has 14 heteroatoms. The second kappa shape index (κ2) is 20.0. The highest BCUT2D eigenvalue weighted by atomic mass is 16.4. The van der Waals surface area contributed by atoms with Crippen molar-refractivity contribution in [2.45, 2.75) is 18.4 Å². The Morgan fingerprint density at radius 1 is 0.538 bits per heavy atom. The molecule has 0 aromatic heterocycles. The summed E-state index contributed by atoms with van der Waals surface area (Å²) in [5.41, 5.74) is 3.06. The van der Waals surface area contributed by atoms with Crippen LogP contribution >= 0.6 is 0 Å². The van der Waals surface area contributed by atoms with E-state index in [4.69, 9.17) is 0 Å². The van der Waals surface area contributed by atoms with Gasteiger partial charge in [0.25, 0.3) is 5.91 Å². The van der Waals surface area contributed by atoms with E-state index < -0.39 is 29.9 Å². The molecule has 1 aliphatic heterocycles. The minimum Gasteiger partial charge on any atom is -0.480 e. The molecule has 278 valence electrons. The molecule has 3 aromatic rings. The van der Waals surface area contributed by atoms with Crippen molar-refractivity contribution in [3.63, 3.8) is 0 Å². The van der Waals surface area contributed by atoms with Crippen molar-refractivity contribution in [3.8, 4) is 0 Å². The minimum atomic E-state index is -1.17. The molecular formula is C38H47N5O9. The van der Waals surface area contributed by atoms with Crippen LogP contribution in [0.15, 0.2) is 84.9 Å². The standard InChI is InChI=1S/C38H47N5O9/c44-33(45)25-40-17-19-41(26-34(46)47)21-23-43(24-22-42(20-18-40)27-35(48)49)36(38(51)52)30-11-13-31(14-12-30)37(50)39-16-15-32(28-7-3-1-4-8-28)29-9-5-2-6-10-29/h1-14,32,36H,15-27H2,(H,39,50)(H,44,45)(H,46,47)(H,48,49)(H,51,52). The highest BCUT2D eigenvalue weighted by molar-refractivity contribution is 5.94. The van der Waals surface area contributed by atoms with Crippen LogP contribution in [0.3, 0.4) is 0 Å². The third-order valence-corrected chi connectivity index (χ3v) is 9.16. The number of aliphatic carboxylic acids is 4. The average molecular weight is 718 g/mol. The van der Waals surface area contributed by atoms with Gasteiger partial charge in [0.1, 0.15) is 6.04 Å². The van der Waals surface area contributed by atoms with Crippen LogP contribution in [0.1, 0.15) is 45.4 Å². The molecule has 1 fully saturated rings.